The van der Waals surface area contributed by atoms with E-state index in [4.69, 9.17) is 23.2 Å². The number of pyridine rings is 1. The van der Waals surface area contributed by atoms with Crippen LogP contribution in [0.3, 0.4) is 0 Å². The van der Waals surface area contributed by atoms with E-state index in [0.717, 1.165) is 12.8 Å². The zero-order valence-corrected chi connectivity index (χ0v) is 15.6. The Morgan fingerprint density at radius 3 is 2.63 bits per heavy atom. The van der Waals surface area contributed by atoms with E-state index in [2.05, 4.69) is 19.8 Å². The number of nitrogens with one attached hydrogen (secondary N) is 1. The van der Waals surface area contributed by atoms with Gasteiger partial charge in [-0.1, -0.05) is 29.3 Å². The quantitative estimate of drug-likeness (QED) is 0.634. The summed E-state index contributed by atoms with van der Waals surface area (Å²) in [5.74, 6) is -0.501. The molecule has 0 aliphatic heterocycles. The third-order valence-corrected chi connectivity index (χ3v) is 4.55. The molecule has 1 fully saturated rings. The van der Waals surface area contributed by atoms with Crippen LogP contribution in [0.1, 0.15) is 28.8 Å². The molecule has 1 heterocycles. The standard InChI is InChI=1S/C18H16Cl2F2N2O3/c19-15-8-23-9-16(20)14(15)7-24-17(25)12-2-1-3-13(6-12)27-18(21,22)26-10-11-4-5-11/h1-3,6,8-9,11H,4-5,7,10H2,(H,24,25). The van der Waals surface area contributed by atoms with E-state index in [9.17, 15) is 13.6 Å². The first-order valence-corrected chi connectivity index (χ1v) is 8.96. The smallest absolute Gasteiger partial charge is 0.409 e. The van der Waals surface area contributed by atoms with Gasteiger partial charge in [0.1, 0.15) is 5.75 Å². The highest BCUT2D eigenvalue weighted by atomic mass is 35.5. The lowest BCUT2D eigenvalue weighted by Crippen LogP contribution is -2.29. The van der Waals surface area contributed by atoms with Gasteiger partial charge in [0, 0.05) is 30.1 Å². The molecule has 1 saturated carbocycles. The van der Waals surface area contributed by atoms with E-state index in [1.807, 2.05) is 0 Å². The molecule has 5 nitrogen and oxygen atoms in total. The Balaban J connectivity index is 1.61. The van der Waals surface area contributed by atoms with Gasteiger partial charge in [0.25, 0.3) is 5.91 Å². The molecule has 27 heavy (non-hydrogen) atoms. The summed E-state index contributed by atoms with van der Waals surface area (Å²) in [6, 6.07) is 5.44. The van der Waals surface area contributed by atoms with Gasteiger partial charge in [0.15, 0.2) is 0 Å². The van der Waals surface area contributed by atoms with Crippen molar-refractivity contribution in [2.75, 3.05) is 6.61 Å². The summed E-state index contributed by atoms with van der Waals surface area (Å²) in [5, 5.41) is 3.25. The van der Waals surface area contributed by atoms with Crippen LogP contribution in [0.15, 0.2) is 36.7 Å². The summed E-state index contributed by atoms with van der Waals surface area (Å²) in [6.45, 7) is 0.00535. The van der Waals surface area contributed by atoms with Crippen molar-refractivity contribution in [3.8, 4) is 5.75 Å². The molecule has 1 N–H and O–H groups in total. The Hall–Kier alpha value is -1.96. The number of nitrogens with zero attached hydrogens (tertiary/aromatic N) is 1. The van der Waals surface area contributed by atoms with Crippen LogP contribution >= 0.6 is 23.2 Å². The Kier molecular flexibility index (Phi) is 6.14. The van der Waals surface area contributed by atoms with Crippen LogP contribution in [0.4, 0.5) is 8.78 Å². The molecule has 0 unspecified atom stereocenters. The van der Waals surface area contributed by atoms with Gasteiger partial charge >= 0.3 is 6.29 Å². The van der Waals surface area contributed by atoms with E-state index in [1.165, 1.54) is 36.7 Å². The van der Waals surface area contributed by atoms with Gasteiger partial charge in [-0.3, -0.25) is 14.5 Å². The highest BCUT2D eigenvalue weighted by molar-refractivity contribution is 6.35. The number of carbonyl (C=O) groups is 1. The van der Waals surface area contributed by atoms with Crippen LogP contribution in [-0.2, 0) is 11.3 Å². The Morgan fingerprint density at radius 2 is 1.96 bits per heavy atom. The monoisotopic (exact) mass is 416 g/mol. The van der Waals surface area contributed by atoms with Crippen LogP contribution in [0, 0.1) is 5.92 Å². The fourth-order valence-electron chi connectivity index (χ4n) is 2.24. The fourth-order valence-corrected chi connectivity index (χ4v) is 2.74. The topological polar surface area (TPSA) is 60.5 Å². The lowest BCUT2D eigenvalue weighted by atomic mass is 10.2. The largest absolute Gasteiger partial charge is 0.535 e. The van der Waals surface area contributed by atoms with E-state index >= 15 is 0 Å². The van der Waals surface area contributed by atoms with Crippen LogP contribution in [0.5, 0.6) is 5.75 Å². The van der Waals surface area contributed by atoms with Crippen molar-refractivity contribution in [3.63, 3.8) is 0 Å². The lowest BCUT2D eigenvalue weighted by Gasteiger charge is -2.17. The summed E-state index contributed by atoms with van der Waals surface area (Å²) < 4.78 is 36.5. The fraction of sp³-hybridized carbons (Fsp3) is 0.333. The predicted octanol–water partition coefficient (Wildman–Crippen LogP) is 4.67. The van der Waals surface area contributed by atoms with Crippen molar-refractivity contribution >= 4 is 29.1 Å². The average Bonchev–Trinajstić information content (AvgIpc) is 3.44. The third-order valence-electron chi connectivity index (χ3n) is 3.89. The highest BCUT2D eigenvalue weighted by Crippen LogP contribution is 2.32. The number of rotatable bonds is 8. The number of amides is 1. The van der Waals surface area contributed by atoms with Crippen molar-refractivity contribution < 1.29 is 23.0 Å². The molecule has 1 aromatic carbocycles. The van der Waals surface area contributed by atoms with Gasteiger partial charge in [-0.05, 0) is 37.0 Å². The van der Waals surface area contributed by atoms with Crippen LogP contribution in [0.25, 0.3) is 0 Å². The Morgan fingerprint density at radius 1 is 1.26 bits per heavy atom. The van der Waals surface area contributed by atoms with Gasteiger partial charge in [-0.25, -0.2) is 0 Å². The highest BCUT2D eigenvalue weighted by Gasteiger charge is 2.36. The summed E-state index contributed by atoms with van der Waals surface area (Å²) in [7, 11) is 0. The van der Waals surface area contributed by atoms with E-state index in [1.54, 1.807) is 0 Å². The summed E-state index contributed by atoms with van der Waals surface area (Å²) in [6.07, 6.45) is 0.838. The molecule has 0 saturated heterocycles. The van der Waals surface area contributed by atoms with Gasteiger partial charge in [-0.15, -0.1) is 8.78 Å². The first-order chi connectivity index (χ1) is 12.8. The van der Waals surface area contributed by atoms with Gasteiger partial charge in [0.05, 0.1) is 16.7 Å². The minimum atomic E-state index is -3.75. The maximum Gasteiger partial charge on any atom is 0.535 e. The molecule has 1 amide bonds. The van der Waals surface area contributed by atoms with Crippen LogP contribution < -0.4 is 10.1 Å². The second kappa shape index (κ2) is 8.37. The van der Waals surface area contributed by atoms with Crippen molar-refractivity contribution in [2.24, 2.45) is 5.92 Å². The number of aromatic nitrogens is 1. The molecule has 3 rings (SSSR count). The van der Waals surface area contributed by atoms with Gasteiger partial charge in [0.2, 0.25) is 0 Å². The summed E-state index contributed by atoms with van der Waals surface area (Å²) in [4.78, 5) is 16.1. The molecular formula is C18H16Cl2F2N2O3. The molecular weight excluding hydrogens is 401 g/mol. The van der Waals surface area contributed by atoms with Crippen molar-refractivity contribution in [2.45, 2.75) is 25.7 Å². The SMILES string of the molecule is O=C(NCc1c(Cl)cncc1Cl)c1cccc(OC(F)(F)OCC2CC2)c1. The second-order valence-electron chi connectivity index (χ2n) is 6.11. The minimum absolute atomic E-state index is 0.0549. The molecule has 1 aliphatic rings. The van der Waals surface area contributed by atoms with Gasteiger partial charge in [-0.2, -0.15) is 0 Å². The average molecular weight is 417 g/mol. The van der Waals surface area contributed by atoms with Crippen LogP contribution in [0.2, 0.25) is 10.0 Å². The third kappa shape index (κ3) is 5.76. The molecule has 1 aromatic heterocycles. The number of alkyl halides is 2. The minimum Gasteiger partial charge on any atom is -0.409 e. The molecule has 0 bridgehead atoms. The predicted molar refractivity (Wildman–Crippen MR) is 96.1 cm³/mol. The van der Waals surface area contributed by atoms with E-state index < -0.39 is 12.2 Å². The molecule has 144 valence electrons. The lowest BCUT2D eigenvalue weighted by molar-refractivity contribution is -0.354. The van der Waals surface area contributed by atoms with E-state index in [-0.39, 0.29) is 30.4 Å². The van der Waals surface area contributed by atoms with Crippen molar-refractivity contribution in [1.82, 2.24) is 10.3 Å². The Bertz CT molecular complexity index is 812. The molecule has 1 aliphatic carbocycles. The normalized spacial score (nSPS) is 14.1. The van der Waals surface area contributed by atoms with E-state index in [0.29, 0.717) is 15.6 Å². The molecule has 9 heteroatoms. The molecule has 0 spiro atoms. The number of ether oxygens (including phenoxy) is 2. The second-order valence-corrected chi connectivity index (χ2v) is 6.93. The first-order valence-electron chi connectivity index (χ1n) is 8.21. The Labute approximate surface area is 164 Å². The van der Waals surface area contributed by atoms with Crippen molar-refractivity contribution in [3.05, 3.63) is 57.8 Å². The number of hydrogen-bond donors (Lipinski definition) is 1. The number of carbonyl (C=O) groups excluding carboxylic acids is 1. The van der Waals surface area contributed by atoms with Crippen molar-refractivity contribution in [1.29, 1.82) is 0 Å². The molecule has 0 atom stereocenters. The first kappa shape index (κ1) is 19.8. The molecule has 2 aromatic rings. The number of halogens is 4. The summed E-state index contributed by atoms with van der Waals surface area (Å²) in [5.41, 5.74) is 0.654. The maximum absolute atomic E-state index is 13.7. The summed E-state index contributed by atoms with van der Waals surface area (Å²) >= 11 is 12.0. The maximum atomic E-state index is 13.7. The zero-order valence-electron chi connectivity index (χ0n) is 14.1. The molecule has 0 radical (unpaired) electrons. The van der Waals surface area contributed by atoms with Gasteiger partial charge < -0.3 is 10.1 Å². The zero-order chi connectivity index (χ0) is 19.4. The number of hydrogen-bond acceptors (Lipinski definition) is 4. The number of benzene rings is 1. The van der Waals surface area contributed by atoms with Crippen LogP contribution in [-0.4, -0.2) is 23.8 Å².